The maximum absolute atomic E-state index is 12.6. The minimum absolute atomic E-state index is 0. The predicted octanol–water partition coefficient (Wildman–Crippen LogP) is 2.68. The number of rotatable bonds is 3. The van der Waals surface area contributed by atoms with Gasteiger partial charge in [-0.05, 0) is 39.5 Å². The summed E-state index contributed by atoms with van der Waals surface area (Å²) in [6.45, 7) is 5.72. The molecule has 1 aromatic heterocycles. The molecule has 26 heavy (non-hydrogen) atoms. The van der Waals surface area contributed by atoms with E-state index in [0.29, 0.717) is 0 Å². The van der Waals surface area contributed by atoms with Gasteiger partial charge in [-0.2, -0.15) is 0 Å². The van der Waals surface area contributed by atoms with Crippen LogP contribution in [0, 0.1) is 13.8 Å². The molecule has 1 aliphatic heterocycles. The Bertz CT molecular complexity index is 579. The first-order chi connectivity index (χ1) is 11.5. The molecule has 1 aliphatic carbocycles. The van der Waals surface area contributed by atoms with E-state index in [4.69, 9.17) is 5.73 Å². The average molecular weight is 404 g/mol. The number of hydrogen-bond acceptors (Lipinski definition) is 5. The summed E-state index contributed by atoms with van der Waals surface area (Å²) in [5, 5.41) is 3.20. The van der Waals surface area contributed by atoms with Crippen molar-refractivity contribution in [1.82, 2.24) is 15.3 Å². The van der Waals surface area contributed by atoms with Gasteiger partial charge in [0.15, 0.2) is 0 Å². The van der Waals surface area contributed by atoms with Gasteiger partial charge < -0.3 is 16.0 Å². The molecule has 2 fully saturated rings. The molecule has 0 spiro atoms. The molecule has 148 valence electrons. The first kappa shape index (κ1) is 22.9. The molecule has 0 radical (unpaired) electrons. The van der Waals surface area contributed by atoms with Crippen molar-refractivity contribution in [2.24, 2.45) is 5.73 Å². The van der Waals surface area contributed by atoms with E-state index >= 15 is 0 Å². The number of nitrogens with two attached hydrogens (primary N) is 1. The summed E-state index contributed by atoms with van der Waals surface area (Å²) in [4.78, 5) is 23.7. The molecule has 0 aromatic carbocycles. The second-order valence-electron chi connectivity index (χ2n) is 7.37. The van der Waals surface area contributed by atoms with Crippen LogP contribution in [0.15, 0.2) is 6.07 Å². The molecule has 1 saturated carbocycles. The second kappa shape index (κ2) is 9.72. The van der Waals surface area contributed by atoms with Crippen LogP contribution in [0.5, 0.6) is 0 Å². The van der Waals surface area contributed by atoms with E-state index in [1.54, 1.807) is 0 Å². The van der Waals surface area contributed by atoms with Gasteiger partial charge in [0.05, 0.1) is 5.54 Å². The molecular weight excluding hydrogens is 373 g/mol. The molecule has 3 N–H and O–H groups in total. The Morgan fingerprint density at radius 2 is 1.77 bits per heavy atom. The van der Waals surface area contributed by atoms with Gasteiger partial charge in [0, 0.05) is 30.9 Å². The number of piperidine rings is 1. The standard InChI is InChI=1S/C18H29N5O.2ClH/c1-13-12-16(21-14(2)20-13)23-10-6-15(7-11-23)22-17(24)18(19)8-4-3-5-9-18;;/h12,15H,3-11,19H2,1-2H3,(H,22,24);2*1H. The van der Waals surface area contributed by atoms with Gasteiger partial charge in [-0.15, -0.1) is 24.8 Å². The fourth-order valence-electron chi connectivity index (χ4n) is 3.85. The number of carbonyl (C=O) groups is 1. The van der Waals surface area contributed by atoms with Crippen molar-refractivity contribution in [2.45, 2.75) is 70.4 Å². The van der Waals surface area contributed by atoms with Crippen molar-refractivity contribution in [3.05, 3.63) is 17.6 Å². The highest BCUT2D eigenvalue weighted by atomic mass is 35.5. The van der Waals surface area contributed by atoms with Crippen LogP contribution in [0.3, 0.4) is 0 Å². The fraction of sp³-hybridized carbons (Fsp3) is 0.722. The third-order valence-electron chi connectivity index (χ3n) is 5.30. The second-order valence-corrected chi connectivity index (χ2v) is 7.37. The molecule has 3 rings (SSSR count). The van der Waals surface area contributed by atoms with Crippen molar-refractivity contribution in [2.75, 3.05) is 18.0 Å². The fourth-order valence-corrected chi connectivity index (χ4v) is 3.85. The number of anilines is 1. The van der Waals surface area contributed by atoms with Gasteiger partial charge in [-0.25, -0.2) is 9.97 Å². The van der Waals surface area contributed by atoms with E-state index in [1.807, 2.05) is 19.9 Å². The van der Waals surface area contributed by atoms with Crippen LogP contribution in [0.4, 0.5) is 5.82 Å². The third-order valence-corrected chi connectivity index (χ3v) is 5.30. The summed E-state index contributed by atoms with van der Waals surface area (Å²) in [6.07, 6.45) is 6.83. The van der Waals surface area contributed by atoms with Crippen LogP contribution in [0.2, 0.25) is 0 Å². The summed E-state index contributed by atoms with van der Waals surface area (Å²) < 4.78 is 0. The molecule has 1 aromatic rings. The summed E-state index contributed by atoms with van der Waals surface area (Å²) in [5.74, 6) is 1.85. The molecule has 0 unspecified atom stereocenters. The first-order valence-electron chi connectivity index (χ1n) is 9.13. The lowest BCUT2D eigenvalue weighted by Gasteiger charge is -2.37. The highest BCUT2D eigenvalue weighted by molar-refractivity contribution is 5.86. The van der Waals surface area contributed by atoms with Crippen molar-refractivity contribution < 1.29 is 4.79 Å². The highest BCUT2D eigenvalue weighted by Gasteiger charge is 2.36. The number of hydrogen-bond donors (Lipinski definition) is 2. The number of aryl methyl sites for hydroxylation is 2. The van der Waals surface area contributed by atoms with Gasteiger partial charge in [0.1, 0.15) is 11.6 Å². The van der Waals surface area contributed by atoms with Crippen molar-refractivity contribution >= 4 is 36.5 Å². The van der Waals surface area contributed by atoms with Crippen LogP contribution < -0.4 is 16.0 Å². The minimum Gasteiger partial charge on any atom is -0.356 e. The summed E-state index contributed by atoms with van der Waals surface area (Å²) in [5.41, 5.74) is 6.69. The molecule has 1 amide bonds. The molecule has 2 heterocycles. The Morgan fingerprint density at radius 1 is 1.15 bits per heavy atom. The predicted molar refractivity (Wildman–Crippen MR) is 109 cm³/mol. The normalized spacial score (nSPS) is 19.9. The number of nitrogens with zero attached hydrogens (tertiary/aromatic N) is 3. The van der Waals surface area contributed by atoms with Crippen LogP contribution in [-0.2, 0) is 4.79 Å². The van der Waals surface area contributed by atoms with E-state index in [-0.39, 0.29) is 36.8 Å². The molecule has 2 aliphatic rings. The summed E-state index contributed by atoms with van der Waals surface area (Å²) >= 11 is 0. The molecule has 1 saturated heterocycles. The Morgan fingerprint density at radius 3 is 2.35 bits per heavy atom. The van der Waals surface area contributed by atoms with Gasteiger partial charge >= 0.3 is 0 Å². The molecular formula is C18H31Cl2N5O. The minimum atomic E-state index is -0.643. The topological polar surface area (TPSA) is 84.1 Å². The van der Waals surface area contributed by atoms with E-state index in [2.05, 4.69) is 20.2 Å². The highest BCUT2D eigenvalue weighted by Crippen LogP contribution is 2.27. The zero-order valence-electron chi connectivity index (χ0n) is 15.7. The van der Waals surface area contributed by atoms with Gasteiger partial charge in [0.2, 0.25) is 5.91 Å². The maximum Gasteiger partial charge on any atom is 0.240 e. The van der Waals surface area contributed by atoms with E-state index in [0.717, 1.165) is 69.0 Å². The number of halogens is 2. The molecule has 8 heteroatoms. The third kappa shape index (κ3) is 5.44. The zero-order valence-corrected chi connectivity index (χ0v) is 17.3. The van der Waals surface area contributed by atoms with E-state index in [1.165, 1.54) is 6.42 Å². The first-order valence-corrected chi connectivity index (χ1v) is 9.13. The number of nitrogens with one attached hydrogen (secondary N) is 1. The lowest BCUT2D eigenvalue weighted by Crippen LogP contribution is -2.58. The Labute approximate surface area is 168 Å². The smallest absolute Gasteiger partial charge is 0.240 e. The monoisotopic (exact) mass is 403 g/mol. The lowest BCUT2D eigenvalue weighted by molar-refractivity contribution is -0.128. The van der Waals surface area contributed by atoms with E-state index in [9.17, 15) is 4.79 Å². The SMILES string of the molecule is Cc1cc(N2CCC(NC(=O)C3(N)CCCCC3)CC2)nc(C)n1.Cl.Cl. The molecule has 0 atom stereocenters. The quantitative estimate of drug-likeness (QED) is 0.809. The lowest BCUT2D eigenvalue weighted by atomic mass is 9.81. The van der Waals surface area contributed by atoms with Gasteiger partial charge in [-0.3, -0.25) is 4.79 Å². The van der Waals surface area contributed by atoms with Gasteiger partial charge in [0.25, 0.3) is 0 Å². The molecule has 6 nitrogen and oxygen atoms in total. The Kier molecular flexibility index (Phi) is 8.57. The van der Waals surface area contributed by atoms with Crippen molar-refractivity contribution in [3.8, 4) is 0 Å². The number of amides is 1. The molecule has 0 bridgehead atoms. The summed E-state index contributed by atoms with van der Waals surface area (Å²) in [6, 6.07) is 2.25. The Hall–Kier alpha value is -1.11. The maximum atomic E-state index is 12.6. The average Bonchev–Trinajstić information content (AvgIpc) is 2.55. The van der Waals surface area contributed by atoms with E-state index < -0.39 is 5.54 Å². The zero-order chi connectivity index (χ0) is 17.2. The van der Waals surface area contributed by atoms with Crippen molar-refractivity contribution in [1.29, 1.82) is 0 Å². The Balaban J connectivity index is 0.00000169. The van der Waals surface area contributed by atoms with Gasteiger partial charge in [-0.1, -0.05) is 19.3 Å². The van der Waals surface area contributed by atoms with Crippen LogP contribution in [0.25, 0.3) is 0 Å². The number of carbonyl (C=O) groups excluding carboxylic acids is 1. The van der Waals surface area contributed by atoms with Crippen LogP contribution in [0.1, 0.15) is 56.5 Å². The van der Waals surface area contributed by atoms with Crippen LogP contribution in [-0.4, -0.2) is 40.5 Å². The van der Waals surface area contributed by atoms with Crippen molar-refractivity contribution in [3.63, 3.8) is 0 Å². The van der Waals surface area contributed by atoms with Crippen LogP contribution >= 0.6 is 24.8 Å². The summed E-state index contributed by atoms with van der Waals surface area (Å²) in [7, 11) is 0. The number of aromatic nitrogens is 2. The largest absolute Gasteiger partial charge is 0.356 e.